The fraction of sp³-hybridized carbons (Fsp3) is 0.296. The zero-order valence-corrected chi connectivity index (χ0v) is 19.3. The van der Waals surface area contributed by atoms with Crippen LogP contribution in [0.4, 0.5) is 0 Å². The second-order valence-corrected chi connectivity index (χ2v) is 9.31. The van der Waals surface area contributed by atoms with E-state index in [1.165, 1.54) is 12.1 Å². The molecule has 0 aromatic heterocycles. The SMILES string of the molecule is O=C1CCCC2=C1C(c1cc(Cl)ccc1OCc1ccc(C(=O)O)cc1)C1=C(CCCC1=O)N2. The standard InChI is InChI=1S/C27H24ClNO5/c28-17-11-12-23(34-14-15-7-9-16(10-8-15)27(32)33)18(13-17)24-25-19(3-1-5-21(25)30)29-20-4-2-6-22(31)26(20)24/h7-13,24,29H,1-6,14H2,(H,32,33). The maximum absolute atomic E-state index is 13.1. The first-order valence-electron chi connectivity index (χ1n) is 11.5. The minimum absolute atomic E-state index is 0.0545. The number of carboxylic acids is 1. The number of halogens is 1. The summed E-state index contributed by atoms with van der Waals surface area (Å²) in [6.45, 7) is 0.208. The number of dihydropyridines is 1. The summed E-state index contributed by atoms with van der Waals surface area (Å²) in [6, 6.07) is 11.8. The molecule has 174 valence electrons. The lowest BCUT2D eigenvalue weighted by atomic mass is 9.71. The Morgan fingerprint density at radius 2 is 1.56 bits per heavy atom. The topological polar surface area (TPSA) is 92.7 Å². The number of aromatic carboxylic acids is 1. The number of nitrogens with one attached hydrogen (secondary N) is 1. The van der Waals surface area contributed by atoms with E-state index in [-0.39, 0.29) is 23.7 Å². The number of hydrogen-bond donors (Lipinski definition) is 2. The molecule has 7 heteroatoms. The molecule has 0 radical (unpaired) electrons. The molecule has 2 aromatic carbocycles. The lowest BCUT2D eigenvalue weighted by molar-refractivity contribution is -0.117. The van der Waals surface area contributed by atoms with Gasteiger partial charge in [-0.2, -0.15) is 0 Å². The maximum atomic E-state index is 13.1. The number of carbonyl (C=O) groups excluding carboxylic acids is 2. The zero-order valence-electron chi connectivity index (χ0n) is 18.5. The van der Waals surface area contributed by atoms with Crippen LogP contribution in [0.3, 0.4) is 0 Å². The fourth-order valence-electron chi connectivity index (χ4n) is 5.08. The molecule has 0 saturated heterocycles. The van der Waals surface area contributed by atoms with Crippen LogP contribution in [0.15, 0.2) is 65.0 Å². The second kappa shape index (κ2) is 9.11. The summed E-state index contributed by atoms with van der Waals surface area (Å²) in [4.78, 5) is 37.3. The number of carbonyl (C=O) groups is 3. The summed E-state index contributed by atoms with van der Waals surface area (Å²) in [5.41, 5.74) is 4.84. The van der Waals surface area contributed by atoms with Gasteiger partial charge in [-0.05, 0) is 61.6 Å². The third-order valence-electron chi connectivity index (χ3n) is 6.67. The molecule has 2 aliphatic carbocycles. The monoisotopic (exact) mass is 477 g/mol. The van der Waals surface area contributed by atoms with Crippen LogP contribution < -0.4 is 10.1 Å². The van der Waals surface area contributed by atoms with E-state index in [0.717, 1.165) is 42.6 Å². The highest BCUT2D eigenvalue weighted by Crippen LogP contribution is 2.48. The van der Waals surface area contributed by atoms with Gasteiger partial charge in [0.15, 0.2) is 11.6 Å². The molecule has 2 N–H and O–H groups in total. The average Bonchev–Trinajstić information content (AvgIpc) is 2.82. The third kappa shape index (κ3) is 4.14. The Bertz CT molecular complexity index is 1220. The van der Waals surface area contributed by atoms with Gasteiger partial charge in [-0.15, -0.1) is 0 Å². The molecule has 0 saturated carbocycles. The third-order valence-corrected chi connectivity index (χ3v) is 6.90. The highest BCUT2D eigenvalue weighted by molar-refractivity contribution is 6.30. The first-order valence-corrected chi connectivity index (χ1v) is 11.8. The molecule has 5 rings (SSSR count). The van der Waals surface area contributed by atoms with Crippen molar-refractivity contribution in [2.45, 2.75) is 51.0 Å². The largest absolute Gasteiger partial charge is 0.489 e. The van der Waals surface area contributed by atoms with Crippen molar-refractivity contribution in [2.75, 3.05) is 0 Å². The summed E-state index contributed by atoms with van der Waals surface area (Å²) < 4.78 is 6.17. The van der Waals surface area contributed by atoms with Gasteiger partial charge in [-0.3, -0.25) is 9.59 Å². The quantitative estimate of drug-likeness (QED) is 0.605. The van der Waals surface area contributed by atoms with Crippen molar-refractivity contribution in [1.82, 2.24) is 5.32 Å². The molecule has 0 fully saturated rings. The van der Waals surface area contributed by atoms with Crippen LogP contribution >= 0.6 is 11.6 Å². The van der Waals surface area contributed by atoms with Crippen LogP contribution in [0.2, 0.25) is 5.02 Å². The van der Waals surface area contributed by atoms with E-state index in [1.807, 2.05) is 0 Å². The Kier molecular flexibility index (Phi) is 6.00. The van der Waals surface area contributed by atoms with Gasteiger partial charge in [-0.25, -0.2) is 4.79 Å². The first kappa shape index (κ1) is 22.4. The molecule has 0 atom stereocenters. The van der Waals surface area contributed by atoms with E-state index in [9.17, 15) is 14.4 Å². The predicted octanol–water partition coefficient (Wildman–Crippen LogP) is 5.32. The van der Waals surface area contributed by atoms with Gasteiger partial charge in [-0.1, -0.05) is 23.7 Å². The van der Waals surface area contributed by atoms with Gasteiger partial charge >= 0.3 is 5.97 Å². The molecule has 0 unspecified atom stereocenters. The Morgan fingerprint density at radius 3 is 2.15 bits per heavy atom. The Morgan fingerprint density at radius 1 is 0.941 bits per heavy atom. The molecule has 34 heavy (non-hydrogen) atoms. The number of ether oxygens (including phenoxy) is 1. The smallest absolute Gasteiger partial charge is 0.335 e. The Labute approximate surface area is 202 Å². The molecular weight excluding hydrogens is 454 g/mol. The molecule has 0 spiro atoms. The molecule has 0 amide bonds. The normalized spacial score (nSPS) is 18.4. The molecule has 6 nitrogen and oxygen atoms in total. The molecule has 2 aromatic rings. The number of carboxylic acid groups (broad SMARTS) is 1. The second-order valence-electron chi connectivity index (χ2n) is 8.87. The highest BCUT2D eigenvalue weighted by Gasteiger charge is 2.41. The number of allylic oxidation sites excluding steroid dienone is 4. The van der Waals surface area contributed by atoms with E-state index in [0.29, 0.717) is 40.3 Å². The molecule has 1 aliphatic heterocycles. The van der Waals surface area contributed by atoms with Gasteiger partial charge in [0.1, 0.15) is 12.4 Å². The number of ketones is 2. The Hall–Kier alpha value is -3.38. The van der Waals surface area contributed by atoms with Crippen molar-refractivity contribution in [3.8, 4) is 5.75 Å². The van der Waals surface area contributed by atoms with E-state index in [4.69, 9.17) is 21.4 Å². The summed E-state index contributed by atoms with van der Waals surface area (Å²) in [5.74, 6) is -0.831. The number of hydrogen-bond acceptors (Lipinski definition) is 5. The van der Waals surface area contributed by atoms with Crippen LogP contribution in [0, 0.1) is 0 Å². The summed E-state index contributed by atoms with van der Waals surface area (Å²) in [7, 11) is 0. The van der Waals surface area contributed by atoms with Crippen molar-refractivity contribution in [1.29, 1.82) is 0 Å². The van der Waals surface area contributed by atoms with Crippen molar-refractivity contribution in [3.05, 3.63) is 86.7 Å². The zero-order chi connectivity index (χ0) is 23.8. The first-order chi connectivity index (χ1) is 16.4. The number of benzene rings is 2. The van der Waals surface area contributed by atoms with Crippen LogP contribution in [0.5, 0.6) is 5.75 Å². The van der Waals surface area contributed by atoms with Gasteiger partial charge in [0.2, 0.25) is 0 Å². The van der Waals surface area contributed by atoms with E-state index >= 15 is 0 Å². The predicted molar refractivity (Wildman–Crippen MR) is 127 cm³/mol. The number of rotatable bonds is 5. The lowest BCUT2D eigenvalue weighted by Gasteiger charge is -2.37. The highest BCUT2D eigenvalue weighted by atomic mass is 35.5. The summed E-state index contributed by atoms with van der Waals surface area (Å²) >= 11 is 6.39. The van der Waals surface area contributed by atoms with E-state index in [2.05, 4.69) is 5.32 Å². The van der Waals surface area contributed by atoms with Gasteiger partial charge < -0.3 is 15.2 Å². The fourth-order valence-corrected chi connectivity index (χ4v) is 5.26. The van der Waals surface area contributed by atoms with Gasteiger partial charge in [0.05, 0.1) is 5.56 Å². The van der Waals surface area contributed by atoms with E-state index in [1.54, 1.807) is 30.3 Å². The Balaban J connectivity index is 1.55. The van der Waals surface area contributed by atoms with Crippen LogP contribution in [0.25, 0.3) is 0 Å². The molecular formula is C27H24ClNO5. The van der Waals surface area contributed by atoms with Crippen molar-refractivity contribution in [2.24, 2.45) is 0 Å². The van der Waals surface area contributed by atoms with E-state index < -0.39 is 11.9 Å². The molecule has 0 bridgehead atoms. The van der Waals surface area contributed by atoms with Crippen molar-refractivity contribution in [3.63, 3.8) is 0 Å². The number of Topliss-reactive ketones (excluding diaryl/α,β-unsaturated/α-hetero) is 2. The molecule has 3 aliphatic rings. The lowest BCUT2D eigenvalue weighted by Crippen LogP contribution is -2.36. The minimum atomic E-state index is -0.985. The van der Waals surface area contributed by atoms with Crippen LogP contribution in [-0.2, 0) is 16.2 Å². The summed E-state index contributed by atoms with van der Waals surface area (Å²) in [6.07, 6.45) is 4.05. The average molecular weight is 478 g/mol. The minimum Gasteiger partial charge on any atom is -0.489 e. The van der Waals surface area contributed by atoms with Crippen molar-refractivity contribution < 1.29 is 24.2 Å². The van der Waals surface area contributed by atoms with Crippen LogP contribution in [0.1, 0.15) is 65.9 Å². The van der Waals surface area contributed by atoms with Crippen molar-refractivity contribution >= 4 is 29.1 Å². The van der Waals surface area contributed by atoms with Gasteiger partial charge in [0, 0.05) is 51.9 Å². The molecule has 1 heterocycles. The van der Waals surface area contributed by atoms with Crippen LogP contribution in [-0.4, -0.2) is 22.6 Å². The summed E-state index contributed by atoms with van der Waals surface area (Å²) in [5, 5.41) is 13.0. The van der Waals surface area contributed by atoms with Gasteiger partial charge in [0.25, 0.3) is 0 Å². The maximum Gasteiger partial charge on any atom is 0.335 e.